The Kier molecular flexibility index (Phi) is 4.12. The molecule has 2 rings (SSSR count). The zero-order valence-corrected chi connectivity index (χ0v) is 11.3. The molecule has 0 spiro atoms. The second-order valence-corrected chi connectivity index (χ2v) is 5.45. The van der Waals surface area contributed by atoms with E-state index in [1.165, 1.54) is 25.7 Å². The molecule has 1 aromatic rings. The molecule has 18 heavy (non-hydrogen) atoms. The Hall–Kier alpha value is -1.22. The lowest BCUT2D eigenvalue weighted by molar-refractivity contribution is 0.0927. The summed E-state index contributed by atoms with van der Waals surface area (Å²) in [5.41, 5.74) is 6.69. The summed E-state index contributed by atoms with van der Waals surface area (Å²) in [6.45, 7) is 2.08. The van der Waals surface area contributed by atoms with Gasteiger partial charge in [0.15, 0.2) is 0 Å². The molecule has 1 aliphatic rings. The van der Waals surface area contributed by atoms with Crippen molar-refractivity contribution in [3.8, 4) is 0 Å². The van der Waals surface area contributed by atoms with Crippen molar-refractivity contribution in [1.29, 1.82) is 0 Å². The smallest absolute Gasteiger partial charge is 0.251 e. The number of nitrogen functional groups attached to an aromatic ring is 1. The molecule has 0 aromatic heterocycles. The Morgan fingerprint density at radius 3 is 2.72 bits per heavy atom. The molecular weight excluding hydrogens is 248 g/mol. The number of carbonyl (C=O) groups is 1. The molecule has 1 aromatic carbocycles. The monoisotopic (exact) mass is 266 g/mol. The first kappa shape index (κ1) is 13.2. The maximum Gasteiger partial charge on any atom is 0.251 e. The number of rotatable bonds is 3. The Morgan fingerprint density at radius 2 is 2.11 bits per heavy atom. The predicted octanol–water partition coefficient (Wildman–Crippen LogP) is 3.23. The van der Waals surface area contributed by atoms with Crippen molar-refractivity contribution in [3.63, 3.8) is 0 Å². The van der Waals surface area contributed by atoms with Gasteiger partial charge < -0.3 is 11.1 Å². The number of hydrogen-bond donors (Lipinski definition) is 2. The summed E-state index contributed by atoms with van der Waals surface area (Å²) < 4.78 is 0. The highest BCUT2D eigenvalue weighted by Crippen LogP contribution is 2.27. The third-order valence-electron chi connectivity index (χ3n) is 3.73. The first-order valence-corrected chi connectivity index (χ1v) is 6.81. The van der Waals surface area contributed by atoms with E-state index < -0.39 is 0 Å². The van der Waals surface area contributed by atoms with Crippen LogP contribution >= 0.6 is 11.6 Å². The van der Waals surface area contributed by atoms with Crippen molar-refractivity contribution in [1.82, 2.24) is 5.32 Å². The van der Waals surface area contributed by atoms with Gasteiger partial charge in [-0.15, -0.1) is 0 Å². The van der Waals surface area contributed by atoms with Crippen molar-refractivity contribution in [3.05, 3.63) is 28.8 Å². The summed E-state index contributed by atoms with van der Waals surface area (Å²) in [6.07, 6.45) is 4.98. The van der Waals surface area contributed by atoms with E-state index in [9.17, 15) is 4.79 Å². The van der Waals surface area contributed by atoms with Gasteiger partial charge in [-0.2, -0.15) is 0 Å². The average molecular weight is 267 g/mol. The summed E-state index contributed by atoms with van der Waals surface area (Å²) in [6, 6.07) is 5.21. The van der Waals surface area contributed by atoms with Crippen LogP contribution in [0.1, 0.15) is 43.0 Å². The van der Waals surface area contributed by atoms with Crippen molar-refractivity contribution in [2.24, 2.45) is 5.92 Å². The lowest BCUT2D eigenvalue weighted by Crippen LogP contribution is -2.37. The SMILES string of the molecule is CC(NC(=O)c1ccc(N)c(Cl)c1)C1CCCC1. The number of amides is 1. The Morgan fingerprint density at radius 1 is 1.44 bits per heavy atom. The van der Waals surface area contributed by atoms with Crippen LogP contribution in [0.15, 0.2) is 18.2 Å². The number of hydrogen-bond acceptors (Lipinski definition) is 2. The third kappa shape index (κ3) is 2.96. The van der Waals surface area contributed by atoms with E-state index in [0.717, 1.165) is 0 Å². The fraction of sp³-hybridized carbons (Fsp3) is 0.500. The highest BCUT2D eigenvalue weighted by molar-refractivity contribution is 6.33. The van der Waals surface area contributed by atoms with Gasteiger partial charge in [0.2, 0.25) is 0 Å². The minimum Gasteiger partial charge on any atom is -0.398 e. The number of nitrogens with one attached hydrogen (secondary N) is 1. The standard InChI is InChI=1S/C14H19ClN2O/c1-9(10-4-2-3-5-10)17-14(18)11-6-7-13(16)12(15)8-11/h6-10H,2-5,16H2,1H3,(H,17,18). The zero-order valence-electron chi connectivity index (χ0n) is 10.6. The molecule has 0 radical (unpaired) electrons. The van der Waals surface area contributed by atoms with Crippen LogP contribution in [0.2, 0.25) is 5.02 Å². The minimum atomic E-state index is -0.0729. The summed E-state index contributed by atoms with van der Waals surface area (Å²) >= 11 is 5.92. The summed E-state index contributed by atoms with van der Waals surface area (Å²) in [4.78, 5) is 12.1. The Labute approximate surface area is 113 Å². The van der Waals surface area contributed by atoms with E-state index in [4.69, 9.17) is 17.3 Å². The van der Waals surface area contributed by atoms with Gasteiger partial charge in [-0.1, -0.05) is 24.4 Å². The summed E-state index contributed by atoms with van der Waals surface area (Å²) in [5, 5.41) is 3.47. The van der Waals surface area contributed by atoms with E-state index in [1.54, 1.807) is 18.2 Å². The van der Waals surface area contributed by atoms with Crippen molar-refractivity contribution >= 4 is 23.2 Å². The highest BCUT2D eigenvalue weighted by Gasteiger charge is 2.23. The molecule has 3 nitrogen and oxygen atoms in total. The molecule has 3 N–H and O–H groups in total. The van der Waals surface area contributed by atoms with Gasteiger partial charge in [-0.25, -0.2) is 0 Å². The van der Waals surface area contributed by atoms with Crippen LogP contribution in [0.4, 0.5) is 5.69 Å². The fourth-order valence-electron chi connectivity index (χ4n) is 2.53. The molecule has 1 aliphatic carbocycles. The van der Waals surface area contributed by atoms with Gasteiger partial charge in [-0.3, -0.25) is 4.79 Å². The second kappa shape index (κ2) is 5.61. The molecule has 1 saturated carbocycles. The van der Waals surface area contributed by atoms with Crippen LogP contribution in [0, 0.1) is 5.92 Å². The number of halogens is 1. The lowest BCUT2D eigenvalue weighted by Gasteiger charge is -2.20. The molecule has 98 valence electrons. The zero-order chi connectivity index (χ0) is 13.1. The average Bonchev–Trinajstić information content (AvgIpc) is 2.86. The molecule has 0 saturated heterocycles. The fourth-order valence-corrected chi connectivity index (χ4v) is 2.71. The van der Waals surface area contributed by atoms with Gasteiger partial charge in [0.05, 0.1) is 10.7 Å². The molecule has 1 atom stereocenters. The minimum absolute atomic E-state index is 0.0729. The Bertz CT molecular complexity index is 441. The first-order chi connectivity index (χ1) is 8.58. The first-order valence-electron chi connectivity index (χ1n) is 6.44. The third-order valence-corrected chi connectivity index (χ3v) is 4.06. The van der Waals surface area contributed by atoms with Gasteiger partial charge in [0.1, 0.15) is 0 Å². The number of carbonyl (C=O) groups excluding carboxylic acids is 1. The molecule has 1 unspecified atom stereocenters. The van der Waals surface area contributed by atoms with Crippen LogP contribution < -0.4 is 11.1 Å². The van der Waals surface area contributed by atoms with Gasteiger partial charge in [0, 0.05) is 11.6 Å². The summed E-state index contributed by atoms with van der Waals surface area (Å²) in [7, 11) is 0. The highest BCUT2D eigenvalue weighted by atomic mass is 35.5. The predicted molar refractivity (Wildman–Crippen MR) is 74.8 cm³/mol. The van der Waals surface area contributed by atoms with Gasteiger partial charge in [-0.05, 0) is 43.9 Å². The maximum atomic E-state index is 12.1. The number of anilines is 1. The normalized spacial score (nSPS) is 17.7. The van der Waals surface area contributed by atoms with E-state index in [-0.39, 0.29) is 11.9 Å². The topological polar surface area (TPSA) is 55.1 Å². The molecule has 0 aliphatic heterocycles. The Balaban J connectivity index is 2.00. The van der Waals surface area contributed by atoms with Crippen molar-refractivity contribution in [2.75, 3.05) is 5.73 Å². The second-order valence-electron chi connectivity index (χ2n) is 5.04. The van der Waals surface area contributed by atoms with Gasteiger partial charge in [0.25, 0.3) is 5.91 Å². The number of nitrogens with two attached hydrogens (primary N) is 1. The molecule has 0 bridgehead atoms. The van der Waals surface area contributed by atoms with Crippen molar-refractivity contribution < 1.29 is 4.79 Å². The maximum absolute atomic E-state index is 12.1. The van der Waals surface area contributed by atoms with Crippen LogP contribution in [-0.4, -0.2) is 11.9 Å². The van der Waals surface area contributed by atoms with E-state index in [1.807, 2.05) is 0 Å². The van der Waals surface area contributed by atoms with Crippen LogP contribution in [0.3, 0.4) is 0 Å². The summed E-state index contributed by atoms with van der Waals surface area (Å²) in [5.74, 6) is 0.537. The molecule has 1 amide bonds. The van der Waals surface area contributed by atoms with Gasteiger partial charge >= 0.3 is 0 Å². The molecular formula is C14H19ClN2O. The molecule has 0 heterocycles. The van der Waals surface area contributed by atoms with E-state index >= 15 is 0 Å². The van der Waals surface area contributed by atoms with Crippen LogP contribution in [0.5, 0.6) is 0 Å². The number of benzene rings is 1. The quantitative estimate of drug-likeness (QED) is 0.826. The van der Waals surface area contributed by atoms with Crippen LogP contribution in [-0.2, 0) is 0 Å². The van der Waals surface area contributed by atoms with E-state index in [0.29, 0.717) is 22.2 Å². The lowest BCUT2D eigenvalue weighted by atomic mass is 9.99. The van der Waals surface area contributed by atoms with E-state index in [2.05, 4.69) is 12.2 Å². The van der Waals surface area contributed by atoms with Crippen LogP contribution in [0.25, 0.3) is 0 Å². The van der Waals surface area contributed by atoms with Crippen molar-refractivity contribution in [2.45, 2.75) is 38.6 Å². The molecule has 1 fully saturated rings. The largest absolute Gasteiger partial charge is 0.398 e. The molecule has 4 heteroatoms.